The molecule has 0 unspecified atom stereocenters. The van der Waals surface area contributed by atoms with E-state index in [1.165, 1.54) is 4.90 Å². The van der Waals surface area contributed by atoms with Gasteiger partial charge in [-0.1, -0.05) is 42.5 Å². The van der Waals surface area contributed by atoms with Crippen LogP contribution < -0.4 is 5.32 Å². The van der Waals surface area contributed by atoms with E-state index < -0.39 is 0 Å². The molecule has 0 aliphatic heterocycles. The summed E-state index contributed by atoms with van der Waals surface area (Å²) in [7, 11) is 5.05. The number of carbonyl (C=O) groups excluding carboxylic acids is 2. The third-order valence-corrected chi connectivity index (χ3v) is 4.44. The summed E-state index contributed by atoms with van der Waals surface area (Å²) in [5.41, 5.74) is 4.03. The van der Waals surface area contributed by atoms with Gasteiger partial charge < -0.3 is 10.2 Å². The van der Waals surface area contributed by atoms with Gasteiger partial charge in [0, 0.05) is 26.7 Å². The molecule has 2 aromatic carbocycles. The zero-order chi connectivity index (χ0) is 19.6. The fourth-order valence-electron chi connectivity index (χ4n) is 2.75. The molecule has 0 aliphatic carbocycles. The molecular weight excluding hydrogens is 340 g/mol. The van der Waals surface area contributed by atoms with Gasteiger partial charge in [-0.2, -0.15) is 5.10 Å². The van der Waals surface area contributed by atoms with E-state index in [9.17, 15) is 9.59 Å². The number of hydrogen-bond acceptors (Lipinski definition) is 3. The second-order valence-corrected chi connectivity index (χ2v) is 6.53. The lowest BCUT2D eigenvalue weighted by Gasteiger charge is -2.11. The van der Waals surface area contributed by atoms with E-state index in [0.717, 1.165) is 16.8 Å². The van der Waals surface area contributed by atoms with Crippen LogP contribution in [0.5, 0.6) is 0 Å². The average molecular weight is 362 g/mol. The molecule has 6 heteroatoms. The Bertz CT molecular complexity index is 973. The van der Waals surface area contributed by atoms with Crippen molar-refractivity contribution < 1.29 is 9.59 Å². The van der Waals surface area contributed by atoms with Crippen LogP contribution >= 0.6 is 0 Å². The number of anilines is 1. The minimum atomic E-state index is -0.279. The highest BCUT2D eigenvalue weighted by molar-refractivity contribution is 6.08. The van der Waals surface area contributed by atoms with Gasteiger partial charge in [-0.15, -0.1) is 0 Å². The van der Waals surface area contributed by atoms with Gasteiger partial charge in [0.05, 0.1) is 11.4 Å². The number of rotatable bonds is 4. The number of benzene rings is 2. The first kappa shape index (κ1) is 18.4. The lowest BCUT2D eigenvalue weighted by molar-refractivity contribution is 0.0822. The maximum absolute atomic E-state index is 12.7. The van der Waals surface area contributed by atoms with Crippen molar-refractivity contribution in [3.63, 3.8) is 0 Å². The van der Waals surface area contributed by atoms with Gasteiger partial charge in [-0.3, -0.25) is 14.3 Å². The van der Waals surface area contributed by atoms with E-state index in [4.69, 9.17) is 0 Å². The first-order valence-electron chi connectivity index (χ1n) is 8.60. The van der Waals surface area contributed by atoms with Crippen molar-refractivity contribution in [2.24, 2.45) is 7.05 Å². The van der Waals surface area contributed by atoms with Crippen molar-refractivity contribution in [2.45, 2.75) is 6.92 Å². The summed E-state index contributed by atoms with van der Waals surface area (Å²) >= 11 is 0. The zero-order valence-electron chi connectivity index (χ0n) is 15.9. The highest BCUT2D eigenvalue weighted by Gasteiger charge is 2.23. The molecule has 0 radical (unpaired) electrons. The van der Waals surface area contributed by atoms with Crippen molar-refractivity contribution in [2.75, 3.05) is 19.4 Å². The van der Waals surface area contributed by atoms with Crippen LogP contribution in [0.4, 0.5) is 5.69 Å². The van der Waals surface area contributed by atoms with Crippen molar-refractivity contribution in [1.29, 1.82) is 0 Å². The SMILES string of the molecule is Cc1c(NC(=O)c2ccc(-c3ccccc3)cc2)c(C(=O)N(C)C)nn1C. The van der Waals surface area contributed by atoms with E-state index in [2.05, 4.69) is 10.4 Å². The molecule has 138 valence electrons. The van der Waals surface area contributed by atoms with Crippen LogP contribution in [0.2, 0.25) is 0 Å². The van der Waals surface area contributed by atoms with Gasteiger partial charge in [0.2, 0.25) is 0 Å². The van der Waals surface area contributed by atoms with E-state index in [-0.39, 0.29) is 17.5 Å². The Labute approximate surface area is 158 Å². The molecule has 1 N–H and O–H groups in total. The third kappa shape index (κ3) is 3.74. The van der Waals surface area contributed by atoms with E-state index in [1.807, 2.05) is 49.4 Å². The fraction of sp³-hybridized carbons (Fsp3) is 0.190. The molecule has 3 rings (SSSR count). The number of nitrogens with zero attached hydrogens (tertiary/aromatic N) is 3. The topological polar surface area (TPSA) is 67.2 Å². The molecule has 0 saturated carbocycles. The summed E-state index contributed by atoms with van der Waals surface area (Å²) in [6.07, 6.45) is 0. The second-order valence-electron chi connectivity index (χ2n) is 6.53. The van der Waals surface area contributed by atoms with Crippen LogP contribution in [0.3, 0.4) is 0 Å². The number of amides is 2. The Morgan fingerprint density at radius 1 is 0.963 bits per heavy atom. The van der Waals surface area contributed by atoms with Crippen LogP contribution in [0, 0.1) is 6.92 Å². The molecule has 3 aromatic rings. The standard InChI is InChI=1S/C21H22N4O2/c1-14-18(19(23-25(14)4)21(27)24(2)3)22-20(26)17-12-10-16(11-13-17)15-8-6-5-7-9-15/h5-13H,1-4H3,(H,22,26). The average Bonchev–Trinajstić information content (AvgIpc) is 2.96. The van der Waals surface area contributed by atoms with E-state index in [1.54, 1.807) is 38.0 Å². The highest BCUT2D eigenvalue weighted by Crippen LogP contribution is 2.23. The van der Waals surface area contributed by atoms with Crippen molar-refractivity contribution in [1.82, 2.24) is 14.7 Å². The minimum absolute atomic E-state index is 0.231. The Morgan fingerprint density at radius 3 is 2.15 bits per heavy atom. The Hall–Kier alpha value is -3.41. The number of aryl methyl sites for hydroxylation is 1. The molecule has 27 heavy (non-hydrogen) atoms. The Morgan fingerprint density at radius 2 is 1.56 bits per heavy atom. The number of aromatic nitrogens is 2. The van der Waals surface area contributed by atoms with Crippen molar-refractivity contribution in [3.05, 3.63) is 71.5 Å². The summed E-state index contributed by atoms with van der Waals surface area (Å²) in [5.74, 6) is -0.535. The molecular formula is C21H22N4O2. The molecule has 0 spiro atoms. The van der Waals surface area contributed by atoms with Crippen LogP contribution in [0.15, 0.2) is 54.6 Å². The lowest BCUT2D eigenvalue weighted by Crippen LogP contribution is -2.24. The van der Waals surface area contributed by atoms with E-state index >= 15 is 0 Å². The zero-order valence-corrected chi connectivity index (χ0v) is 15.9. The van der Waals surface area contributed by atoms with Gasteiger partial charge in [-0.05, 0) is 30.2 Å². The van der Waals surface area contributed by atoms with Crippen LogP contribution in [-0.4, -0.2) is 40.6 Å². The summed E-state index contributed by atoms with van der Waals surface area (Å²) in [6, 6.07) is 17.3. The largest absolute Gasteiger partial charge is 0.343 e. The number of hydrogen-bond donors (Lipinski definition) is 1. The Kier molecular flexibility index (Phi) is 5.07. The lowest BCUT2D eigenvalue weighted by atomic mass is 10.0. The molecule has 0 bridgehead atoms. The predicted octanol–water partition coefficient (Wildman–Crippen LogP) is 3.35. The summed E-state index contributed by atoms with van der Waals surface area (Å²) < 4.78 is 1.59. The molecule has 6 nitrogen and oxygen atoms in total. The van der Waals surface area contributed by atoms with Crippen LogP contribution in [0.25, 0.3) is 11.1 Å². The molecule has 2 amide bonds. The Balaban J connectivity index is 1.85. The molecule has 0 saturated heterocycles. The molecule has 1 aromatic heterocycles. The van der Waals surface area contributed by atoms with Gasteiger partial charge in [0.25, 0.3) is 11.8 Å². The minimum Gasteiger partial charge on any atom is -0.343 e. The summed E-state index contributed by atoms with van der Waals surface area (Å²) in [5, 5.41) is 7.08. The maximum atomic E-state index is 12.7. The quantitative estimate of drug-likeness (QED) is 0.774. The fourth-order valence-corrected chi connectivity index (χ4v) is 2.75. The molecule has 0 atom stereocenters. The number of carbonyl (C=O) groups is 2. The van der Waals surface area contributed by atoms with Gasteiger partial charge in [0.1, 0.15) is 0 Å². The number of nitrogens with one attached hydrogen (secondary N) is 1. The van der Waals surface area contributed by atoms with Gasteiger partial charge >= 0.3 is 0 Å². The van der Waals surface area contributed by atoms with Crippen LogP contribution in [0.1, 0.15) is 26.5 Å². The molecule has 1 heterocycles. The second kappa shape index (κ2) is 7.45. The third-order valence-electron chi connectivity index (χ3n) is 4.44. The van der Waals surface area contributed by atoms with Crippen LogP contribution in [-0.2, 0) is 7.05 Å². The first-order chi connectivity index (χ1) is 12.9. The molecule has 0 aliphatic rings. The summed E-state index contributed by atoms with van der Waals surface area (Å²) in [6.45, 7) is 1.81. The normalized spacial score (nSPS) is 10.5. The highest BCUT2D eigenvalue weighted by atomic mass is 16.2. The predicted molar refractivity (Wildman–Crippen MR) is 106 cm³/mol. The monoisotopic (exact) mass is 362 g/mol. The van der Waals surface area contributed by atoms with Crippen molar-refractivity contribution in [3.8, 4) is 11.1 Å². The van der Waals surface area contributed by atoms with Gasteiger partial charge in [0.15, 0.2) is 5.69 Å². The first-order valence-corrected chi connectivity index (χ1v) is 8.60. The summed E-state index contributed by atoms with van der Waals surface area (Å²) in [4.78, 5) is 26.5. The van der Waals surface area contributed by atoms with Crippen molar-refractivity contribution >= 4 is 17.5 Å². The van der Waals surface area contributed by atoms with E-state index in [0.29, 0.717) is 11.3 Å². The smallest absolute Gasteiger partial charge is 0.276 e. The van der Waals surface area contributed by atoms with Gasteiger partial charge in [-0.25, -0.2) is 0 Å². The maximum Gasteiger partial charge on any atom is 0.276 e. The molecule has 0 fully saturated rings.